The highest BCUT2D eigenvalue weighted by Gasteiger charge is 2.32. The zero-order chi connectivity index (χ0) is 25.9. The highest BCUT2D eigenvalue weighted by Crippen LogP contribution is 2.32. The van der Waals surface area contributed by atoms with Gasteiger partial charge in [-0.15, -0.1) is 0 Å². The lowest BCUT2D eigenvalue weighted by atomic mass is 9.95. The number of fused-ring (bicyclic) bond motifs is 1. The van der Waals surface area contributed by atoms with Gasteiger partial charge in [0.05, 0.1) is 30.8 Å². The Kier molecular flexibility index (Phi) is 7.43. The lowest BCUT2D eigenvalue weighted by Gasteiger charge is -2.26. The molecule has 1 saturated heterocycles. The molecular formula is C26H29FN4O5. The lowest BCUT2D eigenvalue weighted by Crippen LogP contribution is -2.49. The summed E-state index contributed by atoms with van der Waals surface area (Å²) in [5, 5.41) is 16.1. The molecule has 0 radical (unpaired) electrons. The fourth-order valence-corrected chi connectivity index (χ4v) is 3.92. The number of ether oxygens (including phenoxy) is 2. The Bertz CT molecular complexity index is 1220. The molecule has 1 atom stereocenters. The molecule has 2 amide bonds. The third-order valence-electron chi connectivity index (χ3n) is 5.95. The van der Waals surface area contributed by atoms with Gasteiger partial charge in [0.1, 0.15) is 29.7 Å². The van der Waals surface area contributed by atoms with Crippen LogP contribution in [-0.2, 0) is 9.53 Å². The van der Waals surface area contributed by atoms with Crippen molar-refractivity contribution in [3.05, 3.63) is 47.5 Å². The number of carbonyl (C=O) groups is 2. The second kappa shape index (κ2) is 10.5. The highest BCUT2D eigenvalue weighted by atomic mass is 19.1. The van der Waals surface area contributed by atoms with Crippen LogP contribution in [0.3, 0.4) is 0 Å². The van der Waals surface area contributed by atoms with E-state index in [0.717, 1.165) is 6.20 Å². The quantitative estimate of drug-likeness (QED) is 0.556. The van der Waals surface area contributed by atoms with Crippen molar-refractivity contribution in [2.45, 2.75) is 44.4 Å². The van der Waals surface area contributed by atoms with Crippen molar-refractivity contribution < 1.29 is 28.6 Å². The van der Waals surface area contributed by atoms with Gasteiger partial charge < -0.3 is 30.1 Å². The van der Waals surface area contributed by atoms with Crippen molar-refractivity contribution in [2.75, 3.05) is 37.1 Å². The van der Waals surface area contributed by atoms with Crippen LogP contribution in [0.25, 0.3) is 0 Å². The number of aliphatic hydroxyl groups is 1. The Morgan fingerprint density at radius 2 is 2.06 bits per heavy atom. The van der Waals surface area contributed by atoms with E-state index >= 15 is 0 Å². The molecule has 9 nitrogen and oxygen atoms in total. The van der Waals surface area contributed by atoms with Gasteiger partial charge in [-0.3, -0.25) is 9.59 Å². The van der Waals surface area contributed by atoms with Gasteiger partial charge in [0.25, 0.3) is 11.8 Å². The molecule has 190 valence electrons. The number of amides is 2. The SMILES string of the molecule is CC(C)Nc1cc(C(=O)N[C@H]2COc3ccc(C#CC4(O)CCOCC4)cc3N(C)C2=O)ncc1F. The van der Waals surface area contributed by atoms with Crippen LogP contribution in [0, 0.1) is 17.7 Å². The normalized spacial score (nSPS) is 18.9. The molecule has 2 aliphatic rings. The van der Waals surface area contributed by atoms with E-state index in [2.05, 4.69) is 27.5 Å². The molecule has 1 aromatic carbocycles. The van der Waals surface area contributed by atoms with Gasteiger partial charge in [-0.25, -0.2) is 9.37 Å². The minimum Gasteiger partial charge on any atom is -0.489 e. The Hall–Kier alpha value is -3.68. The number of nitrogens with zero attached hydrogens (tertiary/aromatic N) is 2. The number of carbonyl (C=O) groups excluding carboxylic acids is 2. The van der Waals surface area contributed by atoms with E-state index in [1.54, 1.807) is 25.2 Å². The molecule has 3 heterocycles. The van der Waals surface area contributed by atoms with Crippen molar-refractivity contribution in [3.63, 3.8) is 0 Å². The van der Waals surface area contributed by atoms with Crippen molar-refractivity contribution in [3.8, 4) is 17.6 Å². The maximum atomic E-state index is 14.0. The van der Waals surface area contributed by atoms with Crippen LogP contribution in [0.15, 0.2) is 30.5 Å². The molecule has 0 unspecified atom stereocenters. The second-order valence-electron chi connectivity index (χ2n) is 9.16. The number of hydrogen-bond donors (Lipinski definition) is 3. The molecule has 1 aromatic heterocycles. The predicted octanol–water partition coefficient (Wildman–Crippen LogP) is 2.09. The standard InChI is InChI=1S/C26H29FN4O5/c1-16(2)29-19-13-20(28-14-18(19)27)24(32)30-21-15-36-23-5-4-17(12-22(23)31(3)25(21)33)6-7-26(34)8-10-35-11-9-26/h4-5,12-14,16,21,34H,8-11,15H2,1-3H3,(H,28,29)(H,30,32)/t21-/m0/s1. The summed E-state index contributed by atoms with van der Waals surface area (Å²) in [5.74, 6) is 4.77. The molecule has 0 bridgehead atoms. The van der Waals surface area contributed by atoms with Crippen LogP contribution < -0.4 is 20.3 Å². The number of hydrogen-bond acceptors (Lipinski definition) is 7. The van der Waals surface area contributed by atoms with Crippen LogP contribution in [0.2, 0.25) is 0 Å². The van der Waals surface area contributed by atoms with Gasteiger partial charge in [-0.1, -0.05) is 11.8 Å². The zero-order valence-corrected chi connectivity index (χ0v) is 20.4. The second-order valence-corrected chi connectivity index (χ2v) is 9.16. The first-order chi connectivity index (χ1) is 17.1. The summed E-state index contributed by atoms with van der Waals surface area (Å²) < 4.78 is 25.1. The minimum atomic E-state index is -1.10. The van der Waals surface area contributed by atoms with E-state index in [1.165, 1.54) is 11.0 Å². The molecule has 0 spiro atoms. The lowest BCUT2D eigenvalue weighted by molar-refractivity contribution is -0.120. The average Bonchev–Trinajstić information content (AvgIpc) is 2.96. The van der Waals surface area contributed by atoms with Crippen molar-refractivity contribution in [1.82, 2.24) is 10.3 Å². The molecule has 10 heteroatoms. The summed E-state index contributed by atoms with van der Waals surface area (Å²) in [6, 6.07) is 5.43. The first-order valence-electron chi connectivity index (χ1n) is 11.8. The summed E-state index contributed by atoms with van der Waals surface area (Å²) in [5.41, 5.74) is 0.126. The van der Waals surface area contributed by atoms with Crippen LogP contribution in [0.5, 0.6) is 5.75 Å². The summed E-state index contributed by atoms with van der Waals surface area (Å²) in [4.78, 5) is 31.2. The van der Waals surface area contributed by atoms with Gasteiger partial charge in [-0.05, 0) is 38.1 Å². The van der Waals surface area contributed by atoms with E-state index in [-0.39, 0.29) is 24.0 Å². The highest BCUT2D eigenvalue weighted by molar-refractivity contribution is 6.03. The number of nitrogens with one attached hydrogen (secondary N) is 2. The number of benzene rings is 1. The largest absolute Gasteiger partial charge is 0.489 e. The van der Waals surface area contributed by atoms with Gasteiger partial charge in [-0.2, -0.15) is 0 Å². The fraction of sp³-hybridized carbons (Fsp3) is 0.423. The summed E-state index contributed by atoms with van der Waals surface area (Å²) >= 11 is 0. The van der Waals surface area contributed by atoms with E-state index in [1.807, 2.05) is 13.8 Å². The maximum Gasteiger partial charge on any atom is 0.270 e. The fourth-order valence-electron chi connectivity index (χ4n) is 3.92. The van der Waals surface area contributed by atoms with Crippen molar-refractivity contribution in [1.29, 1.82) is 0 Å². The third kappa shape index (κ3) is 5.75. The van der Waals surface area contributed by atoms with Crippen LogP contribution in [-0.4, -0.2) is 66.5 Å². The van der Waals surface area contributed by atoms with Gasteiger partial charge >= 0.3 is 0 Å². The molecule has 0 aliphatic carbocycles. The number of halogens is 1. The summed E-state index contributed by atoms with van der Waals surface area (Å²) in [7, 11) is 1.58. The van der Waals surface area contributed by atoms with Crippen LogP contribution in [0.1, 0.15) is 42.7 Å². The molecule has 1 fully saturated rings. The zero-order valence-electron chi connectivity index (χ0n) is 20.4. The number of rotatable bonds is 4. The van der Waals surface area contributed by atoms with E-state index in [9.17, 15) is 19.1 Å². The number of likely N-dealkylation sites (N-methyl/N-ethyl adjacent to an activating group) is 1. The van der Waals surface area contributed by atoms with E-state index in [0.29, 0.717) is 43.1 Å². The smallest absolute Gasteiger partial charge is 0.270 e. The maximum absolute atomic E-state index is 14.0. The van der Waals surface area contributed by atoms with Gasteiger partial charge in [0.2, 0.25) is 0 Å². The van der Waals surface area contributed by atoms with Gasteiger partial charge in [0.15, 0.2) is 5.82 Å². The third-order valence-corrected chi connectivity index (χ3v) is 5.95. The predicted molar refractivity (Wildman–Crippen MR) is 131 cm³/mol. The van der Waals surface area contributed by atoms with Crippen LogP contribution in [0.4, 0.5) is 15.8 Å². The first kappa shape index (κ1) is 25.4. The Morgan fingerprint density at radius 1 is 1.31 bits per heavy atom. The molecule has 36 heavy (non-hydrogen) atoms. The molecule has 2 aliphatic heterocycles. The number of aromatic nitrogens is 1. The van der Waals surface area contributed by atoms with E-state index in [4.69, 9.17) is 9.47 Å². The summed E-state index contributed by atoms with van der Waals surface area (Å²) in [6.45, 7) is 4.51. The molecule has 4 rings (SSSR count). The van der Waals surface area contributed by atoms with Crippen LogP contribution >= 0.6 is 0 Å². The van der Waals surface area contributed by atoms with Gasteiger partial charge in [0, 0.05) is 31.5 Å². The number of pyridine rings is 1. The van der Waals surface area contributed by atoms with E-state index < -0.39 is 29.3 Å². The molecular weight excluding hydrogens is 467 g/mol. The molecule has 3 N–H and O–H groups in total. The number of anilines is 2. The summed E-state index contributed by atoms with van der Waals surface area (Å²) in [6.07, 6.45) is 1.84. The molecule has 2 aromatic rings. The minimum absolute atomic E-state index is 0.0274. The topological polar surface area (TPSA) is 113 Å². The Labute approximate surface area is 209 Å². The first-order valence-corrected chi connectivity index (χ1v) is 11.8. The Morgan fingerprint density at radius 3 is 2.78 bits per heavy atom. The Balaban J connectivity index is 1.49. The monoisotopic (exact) mass is 496 g/mol. The van der Waals surface area contributed by atoms with Crippen molar-refractivity contribution >= 4 is 23.2 Å². The molecule has 0 saturated carbocycles. The average molecular weight is 497 g/mol. The van der Waals surface area contributed by atoms with Crippen molar-refractivity contribution in [2.24, 2.45) is 0 Å².